The van der Waals surface area contributed by atoms with Crippen LogP contribution in [0.25, 0.3) is 10.9 Å². The maximum absolute atomic E-state index is 12.5. The second kappa shape index (κ2) is 6.02. The molecule has 21 heavy (non-hydrogen) atoms. The molecule has 1 fully saturated rings. The van der Waals surface area contributed by atoms with Gasteiger partial charge in [0, 0.05) is 11.9 Å². The molecule has 0 saturated heterocycles. The van der Waals surface area contributed by atoms with Crippen molar-refractivity contribution < 1.29 is 4.79 Å². The van der Waals surface area contributed by atoms with Gasteiger partial charge in [0.15, 0.2) is 0 Å². The fourth-order valence-electron chi connectivity index (χ4n) is 3.17. The highest BCUT2D eigenvalue weighted by atomic mass is 35.5. The van der Waals surface area contributed by atoms with Crippen LogP contribution in [-0.2, 0) is 0 Å². The minimum Gasteiger partial charge on any atom is -0.352 e. The first-order valence-electron chi connectivity index (χ1n) is 7.47. The average molecular weight is 303 g/mol. The number of halogens is 1. The van der Waals surface area contributed by atoms with Crippen molar-refractivity contribution in [3.8, 4) is 0 Å². The van der Waals surface area contributed by atoms with Gasteiger partial charge in [-0.1, -0.05) is 43.1 Å². The molecule has 0 spiro atoms. The van der Waals surface area contributed by atoms with E-state index in [9.17, 15) is 4.79 Å². The first kappa shape index (κ1) is 14.3. The lowest BCUT2D eigenvalue weighted by molar-refractivity contribution is 0.0948. The third-order valence-corrected chi connectivity index (χ3v) is 4.48. The number of carbonyl (C=O) groups excluding carboxylic acids is 1. The fourth-order valence-corrected chi connectivity index (χ4v) is 3.37. The van der Waals surface area contributed by atoms with E-state index >= 15 is 0 Å². The molecule has 1 aliphatic rings. The van der Waals surface area contributed by atoms with Gasteiger partial charge in [-0.05, 0) is 36.8 Å². The third-order valence-electron chi connectivity index (χ3n) is 4.28. The van der Waals surface area contributed by atoms with E-state index < -0.39 is 0 Å². The Morgan fingerprint density at radius 2 is 2.19 bits per heavy atom. The van der Waals surface area contributed by atoms with Gasteiger partial charge in [-0.15, -0.1) is 0 Å². The lowest BCUT2D eigenvalue weighted by Gasteiger charge is -2.12. The predicted octanol–water partition coefficient (Wildman–Crippen LogP) is 4.05. The van der Waals surface area contributed by atoms with E-state index in [1.807, 2.05) is 24.3 Å². The summed E-state index contributed by atoms with van der Waals surface area (Å²) in [4.78, 5) is 16.7. The number of pyridine rings is 1. The lowest BCUT2D eigenvalue weighted by atomic mass is 10.1. The molecule has 2 aromatic rings. The largest absolute Gasteiger partial charge is 0.352 e. The highest BCUT2D eigenvalue weighted by molar-refractivity contribution is 6.30. The van der Waals surface area contributed by atoms with Crippen molar-refractivity contribution in [3.63, 3.8) is 0 Å². The molecule has 1 heterocycles. The molecule has 1 aromatic carbocycles. The van der Waals surface area contributed by atoms with Gasteiger partial charge in [0.1, 0.15) is 5.15 Å². The van der Waals surface area contributed by atoms with Gasteiger partial charge >= 0.3 is 0 Å². The van der Waals surface area contributed by atoms with Crippen LogP contribution in [0, 0.1) is 11.8 Å². The van der Waals surface area contributed by atoms with Gasteiger partial charge in [0.05, 0.1) is 11.1 Å². The lowest BCUT2D eigenvalue weighted by Crippen LogP contribution is -2.28. The summed E-state index contributed by atoms with van der Waals surface area (Å²) < 4.78 is 0. The first-order valence-corrected chi connectivity index (χ1v) is 7.85. The van der Waals surface area contributed by atoms with E-state index in [4.69, 9.17) is 11.6 Å². The maximum Gasteiger partial charge on any atom is 0.252 e. The van der Waals surface area contributed by atoms with Crippen molar-refractivity contribution in [2.75, 3.05) is 6.54 Å². The average Bonchev–Trinajstić information content (AvgIpc) is 2.89. The summed E-state index contributed by atoms with van der Waals surface area (Å²) in [5.74, 6) is 1.32. The SMILES string of the molecule is CC1CCC(CNC(=O)c2cc(Cl)nc3ccccc23)C1. The molecule has 1 amide bonds. The number of nitrogens with zero attached hydrogens (tertiary/aromatic N) is 1. The van der Waals surface area contributed by atoms with Gasteiger partial charge < -0.3 is 5.32 Å². The number of hydrogen-bond donors (Lipinski definition) is 1. The van der Waals surface area contributed by atoms with E-state index in [2.05, 4.69) is 17.2 Å². The van der Waals surface area contributed by atoms with Crippen LogP contribution < -0.4 is 5.32 Å². The number of carbonyl (C=O) groups is 1. The molecule has 1 aromatic heterocycles. The van der Waals surface area contributed by atoms with Gasteiger partial charge in [0.2, 0.25) is 0 Å². The monoisotopic (exact) mass is 302 g/mol. The van der Waals surface area contributed by atoms with Crippen molar-refractivity contribution >= 4 is 28.4 Å². The van der Waals surface area contributed by atoms with Gasteiger partial charge in [0.25, 0.3) is 5.91 Å². The zero-order valence-corrected chi connectivity index (χ0v) is 12.9. The molecule has 0 aliphatic heterocycles. The molecular weight excluding hydrogens is 284 g/mol. The fraction of sp³-hybridized carbons (Fsp3) is 0.412. The second-order valence-electron chi connectivity index (χ2n) is 6.00. The zero-order chi connectivity index (χ0) is 14.8. The topological polar surface area (TPSA) is 42.0 Å². The van der Waals surface area contributed by atoms with E-state index in [-0.39, 0.29) is 5.91 Å². The standard InChI is InChI=1S/C17H19ClN2O/c1-11-6-7-12(8-11)10-19-17(21)14-9-16(18)20-15-5-3-2-4-13(14)15/h2-5,9,11-12H,6-8,10H2,1H3,(H,19,21). The number of aromatic nitrogens is 1. The smallest absolute Gasteiger partial charge is 0.252 e. The van der Waals surface area contributed by atoms with E-state index in [1.54, 1.807) is 6.07 Å². The molecule has 1 saturated carbocycles. The number of rotatable bonds is 3. The Labute approximate surface area is 129 Å². The van der Waals surface area contributed by atoms with Gasteiger partial charge in [-0.2, -0.15) is 0 Å². The highest BCUT2D eigenvalue weighted by Gasteiger charge is 2.22. The van der Waals surface area contributed by atoms with Gasteiger partial charge in [-0.25, -0.2) is 4.98 Å². The Bertz CT molecular complexity index is 671. The number of hydrogen-bond acceptors (Lipinski definition) is 2. The van der Waals surface area contributed by atoms with Crippen LogP contribution in [0.2, 0.25) is 5.15 Å². The van der Waals surface area contributed by atoms with E-state index in [0.29, 0.717) is 16.6 Å². The number of para-hydroxylation sites is 1. The van der Waals surface area contributed by atoms with Crippen molar-refractivity contribution in [1.29, 1.82) is 0 Å². The summed E-state index contributed by atoms with van der Waals surface area (Å²) in [6.07, 6.45) is 3.68. The van der Waals surface area contributed by atoms with Gasteiger partial charge in [-0.3, -0.25) is 4.79 Å². The van der Waals surface area contributed by atoms with Crippen LogP contribution in [0.1, 0.15) is 36.5 Å². The van der Waals surface area contributed by atoms with Crippen LogP contribution in [0.4, 0.5) is 0 Å². The number of benzene rings is 1. The Morgan fingerprint density at radius 3 is 2.95 bits per heavy atom. The number of fused-ring (bicyclic) bond motifs is 1. The minimum atomic E-state index is -0.0601. The molecule has 0 radical (unpaired) electrons. The zero-order valence-electron chi connectivity index (χ0n) is 12.1. The summed E-state index contributed by atoms with van der Waals surface area (Å²) in [5.41, 5.74) is 1.36. The van der Waals surface area contributed by atoms with Crippen LogP contribution in [-0.4, -0.2) is 17.4 Å². The summed E-state index contributed by atoms with van der Waals surface area (Å²) >= 11 is 6.02. The normalized spacial score (nSPS) is 21.6. The Hall–Kier alpha value is -1.61. The Kier molecular flexibility index (Phi) is 4.11. The molecule has 110 valence electrons. The number of nitrogens with one attached hydrogen (secondary N) is 1. The van der Waals surface area contributed by atoms with Crippen molar-refractivity contribution in [1.82, 2.24) is 10.3 Å². The molecule has 0 bridgehead atoms. The molecule has 3 nitrogen and oxygen atoms in total. The van der Waals surface area contributed by atoms with Crippen LogP contribution in [0.3, 0.4) is 0 Å². The van der Waals surface area contributed by atoms with Crippen molar-refractivity contribution in [2.45, 2.75) is 26.2 Å². The quantitative estimate of drug-likeness (QED) is 0.869. The molecule has 1 aliphatic carbocycles. The Balaban J connectivity index is 1.78. The minimum absolute atomic E-state index is 0.0601. The summed E-state index contributed by atoms with van der Waals surface area (Å²) in [6, 6.07) is 9.24. The third kappa shape index (κ3) is 3.18. The molecule has 1 N–H and O–H groups in total. The molecule has 3 rings (SSSR count). The molecule has 2 unspecified atom stereocenters. The van der Waals surface area contributed by atoms with Crippen LogP contribution in [0.15, 0.2) is 30.3 Å². The van der Waals surface area contributed by atoms with Crippen molar-refractivity contribution in [3.05, 3.63) is 41.0 Å². The molecular formula is C17H19ClN2O. The summed E-state index contributed by atoms with van der Waals surface area (Å²) in [5, 5.41) is 4.26. The predicted molar refractivity (Wildman–Crippen MR) is 85.6 cm³/mol. The Morgan fingerprint density at radius 1 is 1.38 bits per heavy atom. The van der Waals surface area contributed by atoms with Crippen molar-refractivity contribution in [2.24, 2.45) is 11.8 Å². The summed E-state index contributed by atoms with van der Waals surface area (Å²) in [7, 11) is 0. The second-order valence-corrected chi connectivity index (χ2v) is 6.39. The highest BCUT2D eigenvalue weighted by Crippen LogP contribution is 2.29. The summed E-state index contributed by atoms with van der Waals surface area (Å²) in [6.45, 7) is 3.02. The van der Waals surface area contributed by atoms with Crippen LogP contribution in [0.5, 0.6) is 0 Å². The number of amides is 1. The molecule has 4 heteroatoms. The maximum atomic E-state index is 12.5. The first-order chi connectivity index (χ1) is 10.1. The van der Waals surface area contributed by atoms with E-state index in [0.717, 1.165) is 23.4 Å². The van der Waals surface area contributed by atoms with Crippen LogP contribution >= 0.6 is 11.6 Å². The van der Waals surface area contributed by atoms with E-state index in [1.165, 1.54) is 19.3 Å². The molecule has 2 atom stereocenters.